The second-order valence-electron chi connectivity index (χ2n) is 6.06. The molecule has 2 aliphatic rings. The van der Waals surface area contributed by atoms with Crippen LogP contribution in [0.2, 0.25) is 0 Å². The molecular weight excluding hydrogens is 200 g/mol. The van der Waals surface area contributed by atoms with Gasteiger partial charge in [0.25, 0.3) is 0 Å². The average Bonchev–Trinajstić information content (AvgIpc) is 2.75. The summed E-state index contributed by atoms with van der Waals surface area (Å²) in [6.07, 6.45) is 8.17. The van der Waals surface area contributed by atoms with E-state index < -0.39 is 5.60 Å². The van der Waals surface area contributed by atoms with Gasteiger partial charge in [-0.2, -0.15) is 0 Å². The normalized spacial score (nSPS) is 44.8. The van der Waals surface area contributed by atoms with E-state index >= 15 is 0 Å². The number of rotatable bonds is 3. The molecule has 1 aliphatic heterocycles. The van der Waals surface area contributed by atoms with Gasteiger partial charge in [-0.1, -0.05) is 13.8 Å². The van der Waals surface area contributed by atoms with E-state index in [1.54, 1.807) is 0 Å². The fourth-order valence-electron chi connectivity index (χ4n) is 3.34. The van der Waals surface area contributed by atoms with E-state index in [9.17, 15) is 5.11 Å². The molecule has 0 bridgehead atoms. The van der Waals surface area contributed by atoms with Gasteiger partial charge in [-0.05, 0) is 56.8 Å². The van der Waals surface area contributed by atoms with Crippen LogP contribution in [0.1, 0.15) is 58.8 Å². The van der Waals surface area contributed by atoms with Crippen LogP contribution in [0.3, 0.4) is 0 Å². The molecule has 1 aliphatic carbocycles. The predicted molar refractivity (Wildman–Crippen MR) is 65.3 cm³/mol. The van der Waals surface area contributed by atoms with E-state index in [1.165, 1.54) is 25.7 Å². The van der Waals surface area contributed by atoms with Gasteiger partial charge in [-0.15, -0.1) is 0 Å². The Hall–Kier alpha value is -0.0800. The first-order valence-electron chi connectivity index (χ1n) is 6.94. The van der Waals surface area contributed by atoms with Crippen LogP contribution in [0.15, 0.2) is 0 Å². The van der Waals surface area contributed by atoms with Crippen molar-refractivity contribution in [1.82, 2.24) is 0 Å². The van der Waals surface area contributed by atoms with Gasteiger partial charge < -0.3 is 9.84 Å². The standard InChI is InChI=1S/C14H26O2/c1-11-5-7-14(15,12(2)10-11)8-6-13-4-3-9-16-13/h11-13,15H,3-10H2,1-2H3. The highest BCUT2D eigenvalue weighted by Gasteiger charge is 2.38. The average molecular weight is 226 g/mol. The van der Waals surface area contributed by atoms with Crippen molar-refractivity contribution in [2.24, 2.45) is 11.8 Å². The summed E-state index contributed by atoms with van der Waals surface area (Å²) in [7, 11) is 0. The van der Waals surface area contributed by atoms with Crippen molar-refractivity contribution in [2.45, 2.75) is 70.5 Å². The molecule has 0 amide bonds. The maximum absolute atomic E-state index is 10.7. The smallest absolute Gasteiger partial charge is 0.0674 e. The Kier molecular flexibility index (Phi) is 3.91. The van der Waals surface area contributed by atoms with Crippen LogP contribution < -0.4 is 0 Å². The van der Waals surface area contributed by atoms with Crippen molar-refractivity contribution in [3.05, 3.63) is 0 Å². The van der Waals surface area contributed by atoms with E-state index in [0.29, 0.717) is 12.0 Å². The van der Waals surface area contributed by atoms with Crippen LogP contribution in [0.4, 0.5) is 0 Å². The number of ether oxygens (including phenoxy) is 1. The minimum atomic E-state index is -0.404. The minimum Gasteiger partial charge on any atom is -0.390 e. The fourth-order valence-corrected chi connectivity index (χ4v) is 3.34. The van der Waals surface area contributed by atoms with Crippen molar-refractivity contribution in [3.8, 4) is 0 Å². The lowest BCUT2D eigenvalue weighted by molar-refractivity contribution is -0.0677. The summed E-state index contributed by atoms with van der Waals surface area (Å²) < 4.78 is 5.63. The van der Waals surface area contributed by atoms with Crippen LogP contribution in [-0.4, -0.2) is 23.4 Å². The lowest BCUT2D eigenvalue weighted by Crippen LogP contribution is -2.41. The number of hydrogen-bond acceptors (Lipinski definition) is 2. The Balaban J connectivity index is 1.81. The highest BCUT2D eigenvalue weighted by atomic mass is 16.5. The van der Waals surface area contributed by atoms with E-state index in [2.05, 4.69) is 13.8 Å². The molecule has 2 fully saturated rings. The molecule has 0 spiro atoms. The maximum Gasteiger partial charge on any atom is 0.0674 e. The molecule has 0 aromatic heterocycles. The minimum absolute atomic E-state index is 0.404. The molecule has 1 heterocycles. The summed E-state index contributed by atoms with van der Waals surface area (Å²) in [5.41, 5.74) is -0.404. The third-order valence-corrected chi connectivity index (χ3v) is 4.67. The molecule has 2 heteroatoms. The summed E-state index contributed by atoms with van der Waals surface area (Å²) in [4.78, 5) is 0. The van der Waals surface area contributed by atoms with Crippen LogP contribution in [0.5, 0.6) is 0 Å². The molecule has 2 nitrogen and oxygen atoms in total. The number of hydrogen-bond donors (Lipinski definition) is 1. The third kappa shape index (κ3) is 2.78. The molecule has 2 rings (SSSR count). The molecular formula is C14H26O2. The monoisotopic (exact) mass is 226 g/mol. The molecule has 0 radical (unpaired) electrons. The largest absolute Gasteiger partial charge is 0.390 e. The summed E-state index contributed by atoms with van der Waals surface area (Å²) in [5.74, 6) is 1.25. The Morgan fingerprint density at radius 2 is 2.12 bits per heavy atom. The van der Waals surface area contributed by atoms with Gasteiger partial charge in [0, 0.05) is 6.61 Å². The van der Waals surface area contributed by atoms with Gasteiger partial charge >= 0.3 is 0 Å². The van der Waals surface area contributed by atoms with Crippen molar-refractivity contribution in [1.29, 1.82) is 0 Å². The van der Waals surface area contributed by atoms with E-state index in [0.717, 1.165) is 31.8 Å². The van der Waals surface area contributed by atoms with Crippen LogP contribution >= 0.6 is 0 Å². The Labute approximate surface area is 99.4 Å². The van der Waals surface area contributed by atoms with Crippen LogP contribution in [0.25, 0.3) is 0 Å². The maximum atomic E-state index is 10.7. The Morgan fingerprint density at radius 3 is 2.75 bits per heavy atom. The van der Waals surface area contributed by atoms with Gasteiger partial charge in [0.15, 0.2) is 0 Å². The van der Waals surface area contributed by atoms with Crippen LogP contribution in [0, 0.1) is 11.8 Å². The predicted octanol–water partition coefficient (Wildman–Crippen LogP) is 3.13. The molecule has 4 unspecified atom stereocenters. The van der Waals surface area contributed by atoms with Gasteiger partial charge in [0.2, 0.25) is 0 Å². The van der Waals surface area contributed by atoms with Crippen molar-refractivity contribution < 1.29 is 9.84 Å². The molecule has 4 atom stereocenters. The molecule has 1 saturated heterocycles. The van der Waals surface area contributed by atoms with Gasteiger partial charge in [0.1, 0.15) is 0 Å². The lowest BCUT2D eigenvalue weighted by atomic mass is 9.70. The van der Waals surface area contributed by atoms with E-state index in [1.807, 2.05) is 0 Å². The molecule has 0 aromatic rings. The SMILES string of the molecule is CC1CCC(O)(CCC2CCCO2)C(C)C1. The second-order valence-corrected chi connectivity index (χ2v) is 6.06. The van der Waals surface area contributed by atoms with Crippen molar-refractivity contribution in [2.75, 3.05) is 6.61 Å². The second kappa shape index (κ2) is 5.05. The Morgan fingerprint density at radius 1 is 1.31 bits per heavy atom. The quantitative estimate of drug-likeness (QED) is 0.801. The van der Waals surface area contributed by atoms with E-state index in [4.69, 9.17) is 4.74 Å². The molecule has 1 saturated carbocycles. The molecule has 0 aromatic carbocycles. The van der Waals surface area contributed by atoms with Crippen molar-refractivity contribution in [3.63, 3.8) is 0 Å². The summed E-state index contributed by atoms with van der Waals surface area (Å²) >= 11 is 0. The van der Waals surface area contributed by atoms with Gasteiger partial charge in [-0.3, -0.25) is 0 Å². The summed E-state index contributed by atoms with van der Waals surface area (Å²) in [6.45, 7) is 5.44. The van der Waals surface area contributed by atoms with E-state index in [-0.39, 0.29) is 0 Å². The van der Waals surface area contributed by atoms with Crippen molar-refractivity contribution >= 4 is 0 Å². The van der Waals surface area contributed by atoms with Gasteiger partial charge in [-0.25, -0.2) is 0 Å². The highest BCUT2D eigenvalue weighted by Crippen LogP contribution is 2.40. The molecule has 94 valence electrons. The third-order valence-electron chi connectivity index (χ3n) is 4.67. The zero-order valence-electron chi connectivity index (χ0n) is 10.7. The summed E-state index contributed by atoms with van der Waals surface area (Å²) in [5, 5.41) is 10.7. The fraction of sp³-hybridized carbons (Fsp3) is 1.00. The zero-order chi connectivity index (χ0) is 11.6. The summed E-state index contributed by atoms with van der Waals surface area (Å²) in [6, 6.07) is 0. The zero-order valence-corrected chi connectivity index (χ0v) is 10.7. The topological polar surface area (TPSA) is 29.5 Å². The van der Waals surface area contributed by atoms with Crippen LogP contribution in [-0.2, 0) is 4.74 Å². The molecule has 16 heavy (non-hydrogen) atoms. The first-order chi connectivity index (χ1) is 7.60. The molecule has 1 N–H and O–H groups in total. The van der Waals surface area contributed by atoms with Gasteiger partial charge in [0.05, 0.1) is 11.7 Å². The first kappa shape index (κ1) is 12.4. The number of aliphatic hydroxyl groups is 1. The lowest BCUT2D eigenvalue weighted by Gasteiger charge is -2.41. The first-order valence-corrected chi connectivity index (χ1v) is 6.94. The Bertz CT molecular complexity index is 223. The highest BCUT2D eigenvalue weighted by molar-refractivity contribution is 4.90.